The van der Waals surface area contributed by atoms with Gasteiger partial charge >= 0.3 is 0 Å². The lowest BCUT2D eigenvalue weighted by Gasteiger charge is -2.23. The van der Waals surface area contributed by atoms with Crippen molar-refractivity contribution in [3.63, 3.8) is 0 Å². The molecule has 1 rings (SSSR count). The molecule has 0 aromatic carbocycles. The molecular formula is C11H17BrClN3. The van der Waals surface area contributed by atoms with E-state index in [1.54, 1.807) is 6.20 Å². The highest BCUT2D eigenvalue weighted by atomic mass is 79.9. The maximum atomic E-state index is 5.86. The highest BCUT2D eigenvalue weighted by Gasteiger charge is 2.11. The van der Waals surface area contributed by atoms with E-state index in [1.165, 1.54) is 0 Å². The summed E-state index contributed by atoms with van der Waals surface area (Å²) in [6.45, 7) is 4.15. The van der Waals surface area contributed by atoms with Gasteiger partial charge in [0.1, 0.15) is 5.82 Å². The lowest BCUT2D eigenvalue weighted by atomic mass is 10.1. The van der Waals surface area contributed by atoms with Crippen molar-refractivity contribution in [2.75, 3.05) is 32.1 Å². The Kier molecular flexibility index (Phi) is 5.52. The quantitative estimate of drug-likeness (QED) is 0.906. The minimum atomic E-state index is 0.569. The molecule has 0 aliphatic rings. The molecule has 1 heterocycles. The van der Waals surface area contributed by atoms with Crippen LogP contribution in [0.4, 0.5) is 5.82 Å². The number of nitrogens with zero attached hydrogens (tertiary/aromatic N) is 2. The second kappa shape index (κ2) is 6.42. The third-order valence-corrected chi connectivity index (χ3v) is 3.08. The molecule has 0 radical (unpaired) electrons. The van der Waals surface area contributed by atoms with Crippen LogP contribution in [0, 0.1) is 5.92 Å². The van der Waals surface area contributed by atoms with Crippen molar-refractivity contribution in [2.24, 2.45) is 5.92 Å². The Morgan fingerprint density at radius 3 is 2.88 bits per heavy atom. The number of pyridine rings is 1. The molecule has 1 unspecified atom stereocenters. The van der Waals surface area contributed by atoms with Gasteiger partial charge in [-0.2, -0.15) is 0 Å². The van der Waals surface area contributed by atoms with Crippen molar-refractivity contribution in [3.05, 3.63) is 21.8 Å². The maximum absolute atomic E-state index is 5.86. The summed E-state index contributed by atoms with van der Waals surface area (Å²) in [4.78, 5) is 6.45. The molecule has 1 aromatic heterocycles. The fourth-order valence-electron chi connectivity index (χ4n) is 1.66. The summed E-state index contributed by atoms with van der Waals surface area (Å²) in [5.41, 5.74) is 0. The Morgan fingerprint density at radius 1 is 1.62 bits per heavy atom. The minimum absolute atomic E-state index is 0.569. The lowest BCUT2D eigenvalue weighted by molar-refractivity contribution is 0.540. The van der Waals surface area contributed by atoms with E-state index < -0.39 is 0 Å². The zero-order valence-electron chi connectivity index (χ0n) is 9.80. The maximum Gasteiger partial charge on any atom is 0.142 e. The van der Waals surface area contributed by atoms with Gasteiger partial charge in [-0.15, -0.1) is 0 Å². The average molecular weight is 307 g/mol. The summed E-state index contributed by atoms with van der Waals surface area (Å²) in [6.07, 6.45) is 1.67. The second-order valence-electron chi connectivity index (χ2n) is 4.00. The molecule has 0 saturated heterocycles. The van der Waals surface area contributed by atoms with Crippen LogP contribution in [0.3, 0.4) is 0 Å². The van der Waals surface area contributed by atoms with Gasteiger partial charge in [0, 0.05) is 19.8 Å². The highest BCUT2D eigenvalue weighted by Crippen LogP contribution is 2.25. The second-order valence-corrected chi connectivity index (χ2v) is 5.29. The molecule has 3 nitrogen and oxygen atoms in total. The van der Waals surface area contributed by atoms with Crippen LogP contribution >= 0.6 is 27.5 Å². The molecule has 1 atom stereocenters. The predicted octanol–water partition coefficient (Wildman–Crippen LogP) is 2.79. The number of hydrogen-bond donors (Lipinski definition) is 1. The van der Waals surface area contributed by atoms with Crippen LogP contribution in [0.25, 0.3) is 0 Å². The van der Waals surface area contributed by atoms with Crippen LogP contribution in [-0.2, 0) is 0 Å². The first kappa shape index (κ1) is 13.7. The van der Waals surface area contributed by atoms with Gasteiger partial charge in [0.15, 0.2) is 0 Å². The number of aromatic nitrogens is 1. The molecule has 0 bridgehead atoms. The standard InChI is InChI=1S/C11H17BrClN3/c1-8(5-14-2)7-16(3)11-10(12)4-9(13)6-15-11/h4,6,8,14H,5,7H2,1-3H3. The molecule has 0 aliphatic heterocycles. The van der Waals surface area contributed by atoms with Crippen molar-refractivity contribution in [3.8, 4) is 0 Å². The first-order chi connectivity index (χ1) is 7.54. The third-order valence-electron chi connectivity index (χ3n) is 2.29. The summed E-state index contributed by atoms with van der Waals surface area (Å²) in [5, 5.41) is 3.81. The molecular weight excluding hydrogens is 289 g/mol. The van der Waals surface area contributed by atoms with E-state index in [9.17, 15) is 0 Å². The fourth-order valence-corrected chi connectivity index (χ4v) is 2.60. The van der Waals surface area contributed by atoms with Crippen molar-refractivity contribution < 1.29 is 0 Å². The Balaban J connectivity index is 2.69. The van der Waals surface area contributed by atoms with Crippen LogP contribution in [0.1, 0.15) is 6.92 Å². The number of rotatable bonds is 5. The molecule has 16 heavy (non-hydrogen) atoms. The van der Waals surface area contributed by atoms with Gasteiger partial charge in [-0.3, -0.25) is 0 Å². The van der Waals surface area contributed by atoms with Crippen molar-refractivity contribution in [2.45, 2.75) is 6.92 Å². The van der Waals surface area contributed by atoms with E-state index in [-0.39, 0.29) is 0 Å². The molecule has 0 aliphatic carbocycles. The summed E-state index contributed by atoms with van der Waals surface area (Å²) < 4.78 is 0.930. The number of nitrogens with one attached hydrogen (secondary N) is 1. The Labute approximate surface area is 110 Å². The highest BCUT2D eigenvalue weighted by molar-refractivity contribution is 9.10. The van der Waals surface area contributed by atoms with Crippen LogP contribution in [0.5, 0.6) is 0 Å². The molecule has 0 amide bonds. The molecule has 1 N–H and O–H groups in total. The molecule has 5 heteroatoms. The topological polar surface area (TPSA) is 28.2 Å². The lowest BCUT2D eigenvalue weighted by Crippen LogP contribution is -2.30. The van der Waals surface area contributed by atoms with Crippen LogP contribution < -0.4 is 10.2 Å². The molecule has 0 saturated carbocycles. The molecule has 1 aromatic rings. The van der Waals surface area contributed by atoms with E-state index in [1.807, 2.05) is 20.2 Å². The van der Waals surface area contributed by atoms with Gasteiger partial charge in [-0.1, -0.05) is 18.5 Å². The minimum Gasteiger partial charge on any atom is -0.358 e. The largest absolute Gasteiger partial charge is 0.358 e. The first-order valence-electron chi connectivity index (χ1n) is 5.21. The summed E-state index contributed by atoms with van der Waals surface area (Å²) in [7, 11) is 4.00. The zero-order chi connectivity index (χ0) is 12.1. The Hall–Kier alpha value is -0.320. The van der Waals surface area contributed by atoms with Gasteiger partial charge < -0.3 is 10.2 Å². The van der Waals surface area contributed by atoms with Crippen molar-refractivity contribution >= 4 is 33.3 Å². The monoisotopic (exact) mass is 305 g/mol. The van der Waals surface area contributed by atoms with Gasteiger partial charge in [-0.05, 0) is 41.5 Å². The third kappa shape index (κ3) is 3.92. The van der Waals surface area contributed by atoms with Crippen LogP contribution in [-0.4, -0.2) is 32.2 Å². The fraction of sp³-hybridized carbons (Fsp3) is 0.545. The normalized spacial score (nSPS) is 12.6. The van der Waals surface area contributed by atoms with Gasteiger partial charge in [0.2, 0.25) is 0 Å². The first-order valence-corrected chi connectivity index (χ1v) is 6.38. The number of anilines is 1. The van der Waals surface area contributed by atoms with E-state index in [2.05, 4.69) is 38.1 Å². The van der Waals surface area contributed by atoms with Crippen LogP contribution in [0.2, 0.25) is 5.02 Å². The average Bonchev–Trinajstić information content (AvgIpc) is 2.17. The summed E-state index contributed by atoms with van der Waals surface area (Å²) in [5.74, 6) is 1.49. The molecule has 0 fully saturated rings. The summed E-state index contributed by atoms with van der Waals surface area (Å²) in [6, 6.07) is 1.86. The van der Waals surface area contributed by atoms with Crippen molar-refractivity contribution in [1.29, 1.82) is 0 Å². The SMILES string of the molecule is CNCC(C)CN(C)c1ncc(Cl)cc1Br. The molecule has 90 valence electrons. The van der Waals surface area contributed by atoms with Gasteiger partial charge in [0.05, 0.1) is 9.50 Å². The van der Waals surface area contributed by atoms with Gasteiger partial charge in [0.25, 0.3) is 0 Å². The Morgan fingerprint density at radius 2 is 2.31 bits per heavy atom. The van der Waals surface area contributed by atoms with Gasteiger partial charge in [-0.25, -0.2) is 4.98 Å². The predicted molar refractivity (Wildman–Crippen MR) is 73.3 cm³/mol. The zero-order valence-corrected chi connectivity index (χ0v) is 12.1. The Bertz CT molecular complexity index is 346. The smallest absolute Gasteiger partial charge is 0.142 e. The van der Waals surface area contributed by atoms with E-state index >= 15 is 0 Å². The number of hydrogen-bond acceptors (Lipinski definition) is 3. The molecule has 0 spiro atoms. The van der Waals surface area contributed by atoms with Crippen LogP contribution in [0.15, 0.2) is 16.7 Å². The van der Waals surface area contributed by atoms with E-state index in [0.717, 1.165) is 23.4 Å². The van der Waals surface area contributed by atoms with E-state index in [4.69, 9.17) is 11.6 Å². The summed E-state index contributed by atoms with van der Waals surface area (Å²) >= 11 is 9.33. The van der Waals surface area contributed by atoms with E-state index in [0.29, 0.717) is 10.9 Å². The number of halogens is 2. The van der Waals surface area contributed by atoms with Crippen molar-refractivity contribution in [1.82, 2.24) is 10.3 Å².